The molecule has 0 spiro atoms. The van der Waals surface area contributed by atoms with Gasteiger partial charge in [-0.05, 0) is 6.42 Å². The summed E-state index contributed by atoms with van der Waals surface area (Å²) in [4.78, 5) is 0. The fourth-order valence-electron chi connectivity index (χ4n) is 2.86. The lowest BCUT2D eigenvalue weighted by Crippen LogP contribution is -2.75. The number of aliphatic hydroxyl groups is 1. The Hall–Kier alpha value is -0.930. The lowest BCUT2D eigenvalue weighted by atomic mass is 9.72. The van der Waals surface area contributed by atoms with E-state index >= 15 is 0 Å². The van der Waals surface area contributed by atoms with E-state index in [1.54, 1.807) is 0 Å². The molecule has 0 aliphatic heterocycles. The fourth-order valence-corrected chi connectivity index (χ4v) is 2.86. The van der Waals surface area contributed by atoms with Gasteiger partial charge in [0.15, 0.2) is 0 Å². The van der Waals surface area contributed by atoms with Crippen LogP contribution in [-0.4, -0.2) is 34.7 Å². The van der Waals surface area contributed by atoms with E-state index in [1.807, 2.05) is 0 Å². The maximum absolute atomic E-state index is 14.3. The molecule has 0 amide bonds. The largest absolute Gasteiger partial charge is 0.429 e. The molecule has 0 radical (unpaired) electrons. The molecule has 10 heteroatoms. The number of allylic oxidation sites excluding steroid dienone is 2. The highest BCUT2D eigenvalue weighted by atomic mass is 19.4. The molecule has 1 N–H and O–H groups in total. The fraction of sp³-hybridized carbons (Fsp3) is 0.800. The van der Waals surface area contributed by atoms with Crippen LogP contribution in [0.2, 0.25) is 0 Å². The lowest BCUT2D eigenvalue weighted by Gasteiger charge is -2.47. The number of rotatable bonds is 1. The van der Waals surface area contributed by atoms with Crippen molar-refractivity contribution >= 4 is 0 Å². The van der Waals surface area contributed by atoms with E-state index in [-0.39, 0.29) is 0 Å². The highest BCUT2D eigenvalue weighted by molar-refractivity contribution is 5.32. The average molecular weight is 314 g/mol. The number of alkyl halides is 9. The molecule has 0 heterocycles. The molecular weight excluding hydrogens is 307 g/mol. The summed E-state index contributed by atoms with van der Waals surface area (Å²) in [5.74, 6) is -9.45. The summed E-state index contributed by atoms with van der Waals surface area (Å²) in [5.41, 5.74) is -11.3. The maximum atomic E-state index is 14.3. The van der Waals surface area contributed by atoms with Crippen LogP contribution in [0.4, 0.5) is 39.5 Å². The zero-order valence-electron chi connectivity index (χ0n) is 9.37. The third-order valence-corrected chi connectivity index (χ3v) is 3.89. The molecule has 0 saturated heterocycles. The summed E-state index contributed by atoms with van der Waals surface area (Å²) in [6.07, 6.45) is -13.0. The van der Waals surface area contributed by atoms with Gasteiger partial charge in [-0.1, -0.05) is 12.2 Å². The Kier molecular flexibility index (Phi) is 2.81. The molecule has 2 aliphatic rings. The zero-order valence-corrected chi connectivity index (χ0v) is 9.37. The van der Waals surface area contributed by atoms with Crippen LogP contribution in [0.1, 0.15) is 6.42 Å². The Morgan fingerprint density at radius 1 is 0.850 bits per heavy atom. The van der Waals surface area contributed by atoms with Crippen LogP contribution in [0.5, 0.6) is 0 Å². The summed E-state index contributed by atoms with van der Waals surface area (Å²) in [5, 5.41) is 8.96. The van der Waals surface area contributed by atoms with Crippen LogP contribution in [0.3, 0.4) is 0 Å². The number of fused-ring (bicyclic) bond motifs is 2. The van der Waals surface area contributed by atoms with Crippen molar-refractivity contribution in [3.63, 3.8) is 0 Å². The molecule has 2 rings (SSSR count). The second-order valence-electron chi connectivity index (χ2n) is 4.87. The van der Waals surface area contributed by atoms with Crippen molar-refractivity contribution in [1.82, 2.24) is 0 Å². The minimum absolute atomic E-state index is 0.518. The lowest BCUT2D eigenvalue weighted by molar-refractivity contribution is -0.426. The Morgan fingerprint density at radius 3 is 1.55 bits per heavy atom. The van der Waals surface area contributed by atoms with Gasteiger partial charge in [-0.3, -0.25) is 0 Å². The molecule has 0 aromatic rings. The predicted octanol–water partition coefficient (Wildman–Crippen LogP) is 3.39. The number of halogens is 9. The Balaban J connectivity index is 2.70. The number of hydrogen-bond donors (Lipinski definition) is 1. The molecule has 1 saturated carbocycles. The Bertz CT molecular complexity index is 435. The minimum atomic E-state index is -6.64. The third-order valence-electron chi connectivity index (χ3n) is 3.89. The second-order valence-corrected chi connectivity index (χ2v) is 4.87. The van der Waals surface area contributed by atoms with Gasteiger partial charge < -0.3 is 5.11 Å². The van der Waals surface area contributed by atoms with Crippen molar-refractivity contribution in [2.75, 3.05) is 0 Å². The van der Waals surface area contributed by atoms with Gasteiger partial charge in [0, 0.05) is 11.8 Å². The molecule has 0 aromatic heterocycles. The molecular formula is C10H7F9O. The van der Waals surface area contributed by atoms with Crippen molar-refractivity contribution < 1.29 is 44.6 Å². The average Bonchev–Trinajstić information content (AvgIpc) is 2.77. The topological polar surface area (TPSA) is 20.2 Å². The van der Waals surface area contributed by atoms with E-state index in [1.165, 1.54) is 0 Å². The summed E-state index contributed by atoms with van der Waals surface area (Å²) >= 11 is 0. The quantitative estimate of drug-likeness (QED) is 0.581. The van der Waals surface area contributed by atoms with Gasteiger partial charge in [0.1, 0.15) is 0 Å². The van der Waals surface area contributed by atoms with Crippen LogP contribution < -0.4 is 0 Å². The van der Waals surface area contributed by atoms with E-state index < -0.39 is 47.8 Å². The van der Waals surface area contributed by atoms with Gasteiger partial charge in [-0.2, -0.15) is 26.3 Å². The molecule has 1 fully saturated rings. The standard InChI is InChI=1S/C10H7F9O/c11-6(4-1-2-5(3-4)7(6,12)13)8(20,9(14,15)16)10(17,18)19/h1-2,4-5,20H,3H2. The first-order valence-corrected chi connectivity index (χ1v) is 5.32. The third kappa shape index (κ3) is 1.40. The molecule has 3 atom stereocenters. The molecule has 20 heavy (non-hydrogen) atoms. The molecule has 3 unspecified atom stereocenters. The highest BCUT2D eigenvalue weighted by Crippen LogP contribution is 2.67. The van der Waals surface area contributed by atoms with E-state index in [4.69, 9.17) is 5.11 Å². The Labute approximate surface area is 106 Å². The predicted molar refractivity (Wildman–Crippen MR) is 46.6 cm³/mol. The first kappa shape index (κ1) is 15.5. The van der Waals surface area contributed by atoms with Crippen molar-refractivity contribution in [1.29, 1.82) is 0 Å². The van der Waals surface area contributed by atoms with Crippen molar-refractivity contribution in [3.05, 3.63) is 12.2 Å². The summed E-state index contributed by atoms with van der Waals surface area (Å²) in [7, 11) is 0. The van der Waals surface area contributed by atoms with Gasteiger partial charge in [0.05, 0.1) is 0 Å². The van der Waals surface area contributed by atoms with Crippen molar-refractivity contribution in [3.8, 4) is 0 Å². The van der Waals surface area contributed by atoms with E-state index in [0.29, 0.717) is 12.2 Å². The first-order valence-electron chi connectivity index (χ1n) is 5.32. The second kappa shape index (κ2) is 3.63. The Morgan fingerprint density at radius 2 is 1.25 bits per heavy atom. The van der Waals surface area contributed by atoms with E-state index in [0.717, 1.165) is 0 Å². The molecule has 0 aromatic carbocycles. The SMILES string of the molecule is OC(C(F)(F)F)(C(F)(F)F)C1(F)C2C=CC(C2)C1(F)F. The zero-order chi connectivity index (χ0) is 15.8. The van der Waals surface area contributed by atoms with E-state index in [2.05, 4.69) is 0 Å². The summed E-state index contributed by atoms with van der Waals surface area (Å²) in [6.45, 7) is 0. The van der Waals surface area contributed by atoms with Crippen molar-refractivity contribution in [2.45, 2.75) is 36.0 Å². The van der Waals surface area contributed by atoms with Crippen LogP contribution in [0, 0.1) is 11.8 Å². The molecule has 116 valence electrons. The van der Waals surface area contributed by atoms with Gasteiger partial charge in [0.2, 0.25) is 5.67 Å². The molecule has 2 aliphatic carbocycles. The minimum Gasteiger partial charge on any atom is -0.371 e. The molecule has 2 bridgehead atoms. The molecule has 1 nitrogen and oxygen atoms in total. The van der Waals surface area contributed by atoms with E-state index in [9.17, 15) is 39.5 Å². The monoisotopic (exact) mass is 314 g/mol. The van der Waals surface area contributed by atoms with Crippen molar-refractivity contribution in [2.24, 2.45) is 11.8 Å². The van der Waals surface area contributed by atoms with Crippen LogP contribution in [0.25, 0.3) is 0 Å². The van der Waals surface area contributed by atoms with Crippen LogP contribution in [0.15, 0.2) is 12.2 Å². The van der Waals surface area contributed by atoms with Crippen LogP contribution >= 0.6 is 0 Å². The van der Waals surface area contributed by atoms with Crippen LogP contribution in [-0.2, 0) is 0 Å². The normalized spacial score (nSPS) is 36.7. The summed E-state index contributed by atoms with van der Waals surface area (Å²) < 4.78 is 117. The first-order chi connectivity index (χ1) is 8.71. The van der Waals surface area contributed by atoms with Gasteiger partial charge in [-0.25, -0.2) is 13.2 Å². The highest BCUT2D eigenvalue weighted by Gasteiger charge is 2.91. The van der Waals surface area contributed by atoms with Gasteiger partial charge in [-0.15, -0.1) is 0 Å². The number of hydrogen-bond acceptors (Lipinski definition) is 1. The smallest absolute Gasteiger partial charge is 0.371 e. The van der Waals surface area contributed by atoms with Gasteiger partial charge >= 0.3 is 12.4 Å². The summed E-state index contributed by atoms with van der Waals surface area (Å²) in [6, 6.07) is 0. The maximum Gasteiger partial charge on any atom is 0.429 e. The van der Waals surface area contributed by atoms with Gasteiger partial charge in [0.25, 0.3) is 11.5 Å².